The Hall–Kier alpha value is -2.50. The topological polar surface area (TPSA) is 59.5 Å². The molecule has 0 bridgehead atoms. The van der Waals surface area contributed by atoms with Crippen LogP contribution in [0, 0.1) is 0 Å². The number of benzene rings is 1. The third-order valence-corrected chi connectivity index (χ3v) is 3.79. The van der Waals surface area contributed by atoms with Crippen LogP contribution in [0.4, 0.5) is 11.6 Å². The summed E-state index contributed by atoms with van der Waals surface area (Å²) in [6.45, 7) is 1.87. The van der Waals surface area contributed by atoms with Crippen LogP contribution in [-0.2, 0) is 0 Å². The number of hydrogen-bond donors (Lipinski definition) is 1. The molecule has 3 rings (SSSR count). The van der Waals surface area contributed by atoms with Crippen LogP contribution in [0.5, 0.6) is 11.5 Å². The third kappa shape index (κ3) is 3.21. The number of aromatic nitrogens is 2. The highest BCUT2D eigenvalue weighted by Crippen LogP contribution is 2.30. The molecule has 1 N–H and O–H groups in total. The van der Waals surface area contributed by atoms with E-state index in [-0.39, 0.29) is 0 Å². The second kappa shape index (κ2) is 6.51. The predicted octanol–water partition coefficient (Wildman–Crippen LogP) is 2.18. The van der Waals surface area contributed by atoms with E-state index in [1.54, 1.807) is 26.6 Å². The molecule has 0 amide bonds. The highest BCUT2D eigenvalue weighted by Gasteiger charge is 2.24. The molecule has 0 aliphatic carbocycles. The fraction of sp³-hybridized carbons (Fsp3) is 0.375. The van der Waals surface area contributed by atoms with Crippen molar-refractivity contribution in [3.8, 4) is 11.5 Å². The van der Waals surface area contributed by atoms with Crippen molar-refractivity contribution in [3.63, 3.8) is 0 Å². The summed E-state index contributed by atoms with van der Waals surface area (Å²) in [5, 5.41) is 3.37. The van der Waals surface area contributed by atoms with Crippen molar-refractivity contribution >= 4 is 11.6 Å². The molecular weight excluding hydrogens is 280 g/mol. The van der Waals surface area contributed by atoms with Gasteiger partial charge in [0.25, 0.3) is 0 Å². The van der Waals surface area contributed by atoms with Gasteiger partial charge in [0.15, 0.2) is 0 Å². The van der Waals surface area contributed by atoms with Crippen LogP contribution in [0.25, 0.3) is 0 Å². The maximum Gasteiger partial charge on any atom is 0.222 e. The van der Waals surface area contributed by atoms with Gasteiger partial charge in [0.2, 0.25) is 5.95 Å². The van der Waals surface area contributed by atoms with E-state index in [1.807, 2.05) is 24.3 Å². The summed E-state index contributed by atoms with van der Waals surface area (Å²) in [6, 6.07) is 8.09. The van der Waals surface area contributed by atoms with E-state index in [2.05, 4.69) is 20.2 Å². The zero-order valence-electron chi connectivity index (χ0n) is 12.8. The lowest BCUT2D eigenvalue weighted by Gasteiger charge is -2.20. The number of hydrogen-bond acceptors (Lipinski definition) is 6. The second-order valence-electron chi connectivity index (χ2n) is 5.22. The van der Waals surface area contributed by atoms with Gasteiger partial charge < -0.3 is 19.7 Å². The zero-order valence-corrected chi connectivity index (χ0v) is 12.8. The van der Waals surface area contributed by atoms with Gasteiger partial charge in [0.1, 0.15) is 11.5 Å². The molecule has 1 aliphatic heterocycles. The Morgan fingerprint density at radius 1 is 1.09 bits per heavy atom. The van der Waals surface area contributed by atoms with E-state index < -0.39 is 0 Å². The smallest absolute Gasteiger partial charge is 0.222 e. The van der Waals surface area contributed by atoms with Crippen molar-refractivity contribution < 1.29 is 9.47 Å². The number of rotatable bonds is 5. The summed E-state index contributed by atoms with van der Waals surface area (Å²) < 4.78 is 10.7. The normalized spacial score (nSPS) is 17.4. The Morgan fingerprint density at radius 3 is 2.41 bits per heavy atom. The van der Waals surface area contributed by atoms with Crippen LogP contribution in [0.1, 0.15) is 6.42 Å². The molecule has 1 saturated heterocycles. The maximum absolute atomic E-state index is 5.34. The van der Waals surface area contributed by atoms with Crippen LogP contribution in [-0.4, -0.2) is 43.3 Å². The third-order valence-electron chi connectivity index (χ3n) is 3.79. The molecule has 0 saturated carbocycles. The fourth-order valence-corrected chi connectivity index (χ4v) is 2.64. The Bertz CT molecular complexity index is 599. The van der Waals surface area contributed by atoms with Gasteiger partial charge in [0, 0.05) is 55.4 Å². The maximum atomic E-state index is 5.34. The molecule has 1 aromatic carbocycles. The van der Waals surface area contributed by atoms with Crippen molar-refractivity contribution in [2.24, 2.45) is 0 Å². The molecule has 0 radical (unpaired) electrons. The molecule has 1 fully saturated rings. The lowest BCUT2D eigenvalue weighted by Crippen LogP contribution is -2.26. The average molecular weight is 300 g/mol. The Kier molecular flexibility index (Phi) is 4.27. The first-order valence-corrected chi connectivity index (χ1v) is 7.30. The van der Waals surface area contributed by atoms with Gasteiger partial charge in [-0.3, -0.25) is 0 Å². The molecule has 1 aromatic heterocycles. The van der Waals surface area contributed by atoms with Gasteiger partial charge in [-0.2, -0.15) is 0 Å². The van der Waals surface area contributed by atoms with Gasteiger partial charge in [0.05, 0.1) is 14.2 Å². The number of methoxy groups -OCH3 is 2. The van der Waals surface area contributed by atoms with Gasteiger partial charge in [-0.25, -0.2) is 9.97 Å². The Labute approximate surface area is 130 Å². The Morgan fingerprint density at radius 2 is 1.77 bits per heavy atom. The predicted molar refractivity (Wildman–Crippen MR) is 85.8 cm³/mol. The van der Waals surface area contributed by atoms with Crippen molar-refractivity contribution in [2.75, 3.05) is 37.5 Å². The molecular formula is C16H20N4O2. The zero-order chi connectivity index (χ0) is 15.4. The summed E-state index contributed by atoms with van der Waals surface area (Å²) in [5.41, 5.74) is 1.11. The quantitative estimate of drug-likeness (QED) is 0.913. The minimum absolute atomic E-state index is 0.333. The number of ether oxygens (including phenoxy) is 2. The van der Waals surface area contributed by atoms with Gasteiger partial charge >= 0.3 is 0 Å². The lowest BCUT2D eigenvalue weighted by atomic mass is 10.2. The van der Waals surface area contributed by atoms with Crippen LogP contribution in [0.15, 0.2) is 36.7 Å². The first-order chi connectivity index (χ1) is 10.8. The first-order valence-electron chi connectivity index (χ1n) is 7.30. The monoisotopic (exact) mass is 300 g/mol. The lowest BCUT2D eigenvalue weighted by molar-refractivity contribution is 0.394. The number of nitrogens with one attached hydrogen (secondary N) is 1. The summed E-state index contributed by atoms with van der Waals surface area (Å²) in [5.74, 6) is 2.28. The highest BCUT2D eigenvalue weighted by atomic mass is 16.5. The van der Waals surface area contributed by atoms with Gasteiger partial charge in [-0.1, -0.05) is 0 Å². The molecule has 1 unspecified atom stereocenters. The SMILES string of the molecule is COc1cc(OC)cc(N2CCC(Nc3ncccn3)C2)c1. The summed E-state index contributed by atoms with van der Waals surface area (Å²) in [6.07, 6.45) is 4.53. The molecule has 1 atom stereocenters. The molecule has 2 heterocycles. The standard InChI is InChI=1S/C16H20N4O2/c1-21-14-8-13(9-15(10-14)22-2)20-7-4-12(11-20)19-16-17-5-3-6-18-16/h3,5-6,8-10,12H,4,7,11H2,1-2H3,(H,17,18,19). The molecule has 6 nitrogen and oxygen atoms in total. The largest absolute Gasteiger partial charge is 0.497 e. The average Bonchev–Trinajstić information content (AvgIpc) is 3.03. The van der Waals surface area contributed by atoms with Crippen LogP contribution >= 0.6 is 0 Å². The molecule has 6 heteroatoms. The van der Waals surface area contributed by atoms with Crippen LogP contribution < -0.4 is 19.7 Å². The van der Waals surface area contributed by atoms with E-state index in [0.717, 1.165) is 36.7 Å². The number of anilines is 2. The number of nitrogens with zero attached hydrogens (tertiary/aromatic N) is 3. The summed E-state index contributed by atoms with van der Waals surface area (Å²) in [7, 11) is 3.33. The van der Waals surface area contributed by atoms with Gasteiger partial charge in [-0.15, -0.1) is 0 Å². The Balaban J connectivity index is 1.69. The van der Waals surface area contributed by atoms with E-state index in [0.29, 0.717) is 12.0 Å². The second-order valence-corrected chi connectivity index (χ2v) is 5.22. The van der Waals surface area contributed by atoms with E-state index >= 15 is 0 Å². The highest BCUT2D eigenvalue weighted by molar-refractivity contribution is 5.56. The summed E-state index contributed by atoms with van der Waals surface area (Å²) >= 11 is 0. The van der Waals surface area contributed by atoms with E-state index in [4.69, 9.17) is 9.47 Å². The van der Waals surface area contributed by atoms with E-state index in [9.17, 15) is 0 Å². The van der Waals surface area contributed by atoms with Crippen molar-refractivity contribution in [2.45, 2.75) is 12.5 Å². The van der Waals surface area contributed by atoms with Crippen LogP contribution in [0.3, 0.4) is 0 Å². The molecule has 2 aromatic rings. The molecule has 22 heavy (non-hydrogen) atoms. The fourth-order valence-electron chi connectivity index (χ4n) is 2.64. The minimum Gasteiger partial charge on any atom is -0.497 e. The first kappa shape index (κ1) is 14.4. The molecule has 0 spiro atoms. The van der Waals surface area contributed by atoms with Crippen molar-refractivity contribution in [1.82, 2.24) is 9.97 Å². The van der Waals surface area contributed by atoms with Crippen LogP contribution in [0.2, 0.25) is 0 Å². The van der Waals surface area contributed by atoms with Crippen molar-refractivity contribution in [1.29, 1.82) is 0 Å². The van der Waals surface area contributed by atoms with E-state index in [1.165, 1.54) is 0 Å². The van der Waals surface area contributed by atoms with Gasteiger partial charge in [-0.05, 0) is 12.5 Å². The van der Waals surface area contributed by atoms with Crippen molar-refractivity contribution in [3.05, 3.63) is 36.7 Å². The molecule has 1 aliphatic rings. The summed E-state index contributed by atoms with van der Waals surface area (Å²) in [4.78, 5) is 10.7. The molecule has 116 valence electrons. The minimum atomic E-state index is 0.333.